The number of hydrogen-bond acceptors (Lipinski definition) is 5. The van der Waals surface area contributed by atoms with E-state index in [9.17, 15) is 4.79 Å². The molecule has 0 radical (unpaired) electrons. The molecule has 1 amide bonds. The molecule has 1 aromatic heterocycles. The van der Waals surface area contributed by atoms with Crippen LogP contribution in [0.2, 0.25) is 0 Å². The summed E-state index contributed by atoms with van der Waals surface area (Å²) in [6.45, 7) is 0.790. The quantitative estimate of drug-likeness (QED) is 0.790. The van der Waals surface area contributed by atoms with Crippen LogP contribution in [0, 0.1) is 5.92 Å². The maximum absolute atomic E-state index is 11.8. The first kappa shape index (κ1) is 14.9. The molecule has 0 bridgehead atoms. The second kappa shape index (κ2) is 6.83. The number of nitrogens with one attached hydrogen (secondary N) is 1. The van der Waals surface area contributed by atoms with Gasteiger partial charge in [-0.3, -0.25) is 9.36 Å². The lowest BCUT2D eigenvalue weighted by atomic mass is 10.3. The largest absolute Gasteiger partial charge is 0.495 e. The number of amides is 1. The fourth-order valence-corrected chi connectivity index (χ4v) is 2.83. The van der Waals surface area contributed by atoms with Crippen LogP contribution in [0.4, 0.5) is 0 Å². The number of rotatable bonds is 7. The third-order valence-corrected chi connectivity index (χ3v) is 4.42. The van der Waals surface area contributed by atoms with Crippen LogP contribution < -0.4 is 10.1 Å². The van der Waals surface area contributed by atoms with Crippen molar-refractivity contribution in [2.75, 3.05) is 19.4 Å². The number of ether oxygens (including phenoxy) is 1. The van der Waals surface area contributed by atoms with Gasteiger partial charge in [0.2, 0.25) is 5.91 Å². The zero-order valence-corrected chi connectivity index (χ0v) is 13.2. The van der Waals surface area contributed by atoms with Crippen LogP contribution in [0.1, 0.15) is 12.8 Å². The third-order valence-electron chi connectivity index (χ3n) is 3.48. The minimum absolute atomic E-state index is 0.0338. The van der Waals surface area contributed by atoms with Crippen molar-refractivity contribution in [2.24, 2.45) is 5.92 Å². The fourth-order valence-electron chi connectivity index (χ4n) is 2.08. The highest BCUT2D eigenvalue weighted by Gasteiger charge is 2.21. The minimum atomic E-state index is 0.0338. The van der Waals surface area contributed by atoms with Gasteiger partial charge in [0.25, 0.3) is 0 Å². The molecule has 1 saturated carbocycles. The summed E-state index contributed by atoms with van der Waals surface area (Å²) in [6.07, 6.45) is 4.09. The molecule has 6 nitrogen and oxygen atoms in total. The van der Waals surface area contributed by atoms with Crippen molar-refractivity contribution < 1.29 is 9.53 Å². The lowest BCUT2D eigenvalue weighted by Gasteiger charge is -2.10. The molecule has 0 unspecified atom stereocenters. The number of thioether (sulfide) groups is 1. The summed E-state index contributed by atoms with van der Waals surface area (Å²) in [6, 6.07) is 7.64. The zero-order valence-electron chi connectivity index (χ0n) is 12.4. The number of para-hydroxylation sites is 2. The number of carbonyl (C=O) groups excluding carboxylic acids is 1. The predicted octanol–water partition coefficient (Wildman–Crippen LogP) is 1.89. The normalized spacial score (nSPS) is 13.9. The Labute approximate surface area is 133 Å². The molecule has 0 spiro atoms. The average Bonchev–Trinajstić information content (AvgIpc) is 3.27. The Morgan fingerprint density at radius 2 is 2.27 bits per heavy atom. The summed E-state index contributed by atoms with van der Waals surface area (Å²) in [4.78, 5) is 11.8. The first-order chi connectivity index (χ1) is 10.8. The van der Waals surface area contributed by atoms with E-state index < -0.39 is 0 Å². The number of nitrogens with zero attached hydrogens (tertiary/aromatic N) is 3. The maximum Gasteiger partial charge on any atom is 0.230 e. The molecule has 1 aliphatic rings. The van der Waals surface area contributed by atoms with E-state index in [-0.39, 0.29) is 5.91 Å². The highest BCUT2D eigenvalue weighted by Crippen LogP contribution is 2.28. The van der Waals surface area contributed by atoms with Gasteiger partial charge in [-0.15, -0.1) is 10.2 Å². The van der Waals surface area contributed by atoms with E-state index >= 15 is 0 Å². The smallest absolute Gasteiger partial charge is 0.230 e. The Kier molecular flexibility index (Phi) is 4.62. The van der Waals surface area contributed by atoms with E-state index in [1.165, 1.54) is 24.6 Å². The minimum Gasteiger partial charge on any atom is -0.495 e. The van der Waals surface area contributed by atoms with Crippen molar-refractivity contribution in [2.45, 2.75) is 18.0 Å². The summed E-state index contributed by atoms with van der Waals surface area (Å²) < 4.78 is 7.19. The van der Waals surface area contributed by atoms with E-state index in [2.05, 4.69) is 15.5 Å². The summed E-state index contributed by atoms with van der Waals surface area (Å²) in [5.74, 6) is 1.79. The Morgan fingerprint density at radius 1 is 1.45 bits per heavy atom. The molecule has 116 valence electrons. The number of benzene rings is 1. The Hall–Kier alpha value is -2.02. The summed E-state index contributed by atoms with van der Waals surface area (Å²) in [5, 5.41) is 11.6. The second-order valence-corrected chi connectivity index (χ2v) is 6.13. The molecular weight excluding hydrogens is 300 g/mol. The zero-order chi connectivity index (χ0) is 15.4. The first-order valence-electron chi connectivity index (χ1n) is 7.21. The molecule has 1 heterocycles. The Bertz CT molecular complexity index is 654. The SMILES string of the molecule is COc1ccccc1-n1cnnc1SCC(=O)NCC1CC1. The van der Waals surface area contributed by atoms with Crippen LogP contribution in [0.3, 0.4) is 0 Å². The van der Waals surface area contributed by atoms with Gasteiger partial charge < -0.3 is 10.1 Å². The van der Waals surface area contributed by atoms with E-state index in [4.69, 9.17) is 4.74 Å². The summed E-state index contributed by atoms with van der Waals surface area (Å²) in [5.41, 5.74) is 0.857. The standard InChI is InChI=1S/C15H18N4O2S/c1-21-13-5-3-2-4-12(13)19-10-17-18-15(19)22-9-14(20)16-8-11-6-7-11/h2-5,10-11H,6-9H2,1H3,(H,16,20). The molecule has 0 aliphatic heterocycles. The van der Waals surface area contributed by atoms with Gasteiger partial charge in [0, 0.05) is 6.54 Å². The number of carbonyl (C=O) groups is 1. The number of hydrogen-bond donors (Lipinski definition) is 1. The molecule has 1 fully saturated rings. The van der Waals surface area contributed by atoms with Crippen LogP contribution in [0.5, 0.6) is 5.75 Å². The van der Waals surface area contributed by atoms with Crippen molar-refractivity contribution in [3.63, 3.8) is 0 Å². The van der Waals surface area contributed by atoms with Crippen molar-refractivity contribution >= 4 is 17.7 Å². The lowest BCUT2D eigenvalue weighted by molar-refractivity contribution is -0.118. The van der Waals surface area contributed by atoms with Crippen molar-refractivity contribution in [1.82, 2.24) is 20.1 Å². The molecule has 1 N–H and O–H groups in total. The molecular formula is C15H18N4O2S. The number of methoxy groups -OCH3 is 1. The second-order valence-electron chi connectivity index (χ2n) is 5.19. The van der Waals surface area contributed by atoms with Gasteiger partial charge in [0.1, 0.15) is 12.1 Å². The highest BCUT2D eigenvalue weighted by atomic mass is 32.2. The van der Waals surface area contributed by atoms with Crippen LogP contribution in [0.15, 0.2) is 35.7 Å². The molecule has 22 heavy (non-hydrogen) atoms. The average molecular weight is 318 g/mol. The molecule has 7 heteroatoms. The predicted molar refractivity (Wildman–Crippen MR) is 84.4 cm³/mol. The van der Waals surface area contributed by atoms with Gasteiger partial charge in [-0.05, 0) is 30.9 Å². The van der Waals surface area contributed by atoms with Crippen LogP contribution >= 0.6 is 11.8 Å². The van der Waals surface area contributed by atoms with Crippen LogP contribution in [-0.2, 0) is 4.79 Å². The Balaban J connectivity index is 1.65. The molecule has 0 atom stereocenters. The summed E-state index contributed by atoms with van der Waals surface area (Å²) in [7, 11) is 1.63. The van der Waals surface area contributed by atoms with Crippen LogP contribution in [-0.4, -0.2) is 40.1 Å². The lowest BCUT2D eigenvalue weighted by Crippen LogP contribution is -2.27. The van der Waals surface area contributed by atoms with Crippen LogP contribution in [0.25, 0.3) is 5.69 Å². The van der Waals surface area contributed by atoms with Gasteiger partial charge in [-0.1, -0.05) is 23.9 Å². The van der Waals surface area contributed by atoms with Crippen molar-refractivity contribution in [3.05, 3.63) is 30.6 Å². The van der Waals surface area contributed by atoms with E-state index in [1.807, 2.05) is 28.8 Å². The fraction of sp³-hybridized carbons (Fsp3) is 0.400. The Morgan fingerprint density at radius 3 is 3.05 bits per heavy atom. The van der Waals surface area contributed by atoms with Crippen molar-refractivity contribution in [1.29, 1.82) is 0 Å². The van der Waals surface area contributed by atoms with Gasteiger partial charge >= 0.3 is 0 Å². The van der Waals surface area contributed by atoms with E-state index in [0.29, 0.717) is 16.8 Å². The van der Waals surface area contributed by atoms with E-state index in [0.717, 1.165) is 18.0 Å². The molecule has 1 aliphatic carbocycles. The first-order valence-corrected chi connectivity index (χ1v) is 8.19. The van der Waals surface area contributed by atoms with Gasteiger partial charge in [0.15, 0.2) is 5.16 Å². The maximum atomic E-state index is 11.8. The van der Waals surface area contributed by atoms with Gasteiger partial charge in [-0.25, -0.2) is 0 Å². The molecule has 2 aromatic rings. The van der Waals surface area contributed by atoms with Crippen molar-refractivity contribution in [3.8, 4) is 11.4 Å². The monoisotopic (exact) mass is 318 g/mol. The molecule has 0 saturated heterocycles. The van der Waals surface area contributed by atoms with Gasteiger partial charge in [0.05, 0.1) is 18.6 Å². The topological polar surface area (TPSA) is 69.0 Å². The third kappa shape index (κ3) is 3.59. The highest BCUT2D eigenvalue weighted by molar-refractivity contribution is 7.99. The van der Waals surface area contributed by atoms with E-state index in [1.54, 1.807) is 13.4 Å². The number of aromatic nitrogens is 3. The van der Waals surface area contributed by atoms with Gasteiger partial charge in [-0.2, -0.15) is 0 Å². The molecule has 1 aromatic carbocycles. The molecule has 3 rings (SSSR count). The summed E-state index contributed by atoms with van der Waals surface area (Å²) >= 11 is 1.37.